The first kappa shape index (κ1) is 16.7. The number of hydrogen-bond donors (Lipinski definition) is 1. The van der Waals surface area contributed by atoms with Crippen LogP contribution in [0.15, 0.2) is 59.1 Å². The summed E-state index contributed by atoms with van der Waals surface area (Å²) in [4.78, 5) is 16.8. The lowest BCUT2D eigenvalue weighted by molar-refractivity contribution is 0.208. The van der Waals surface area contributed by atoms with Crippen LogP contribution in [-0.4, -0.2) is 42.3 Å². The molecule has 7 nitrogen and oxygen atoms in total. The molecule has 28 heavy (non-hydrogen) atoms. The third kappa shape index (κ3) is 2.94. The Hall–Kier alpha value is -3.48. The maximum Gasteiger partial charge on any atom is 0.323 e. The molecule has 2 amide bonds. The van der Waals surface area contributed by atoms with Gasteiger partial charge in [-0.25, -0.2) is 4.79 Å². The number of nitrogens with zero attached hydrogens (tertiary/aromatic N) is 3. The summed E-state index contributed by atoms with van der Waals surface area (Å²) in [5.74, 6) is 1.85. The van der Waals surface area contributed by atoms with Crippen LogP contribution >= 0.6 is 0 Å². The fraction of sp³-hybridized carbons (Fsp3) is 0.238. The van der Waals surface area contributed by atoms with E-state index in [-0.39, 0.29) is 6.03 Å². The quantitative estimate of drug-likeness (QED) is 0.740. The van der Waals surface area contributed by atoms with Gasteiger partial charge in [-0.05, 0) is 24.3 Å². The number of anilines is 2. The predicted molar refractivity (Wildman–Crippen MR) is 106 cm³/mol. The van der Waals surface area contributed by atoms with E-state index in [1.807, 2.05) is 42.5 Å². The maximum absolute atomic E-state index is 12.7. The van der Waals surface area contributed by atoms with Crippen molar-refractivity contribution in [3.63, 3.8) is 0 Å². The Kier molecular flexibility index (Phi) is 4.12. The molecule has 1 aromatic heterocycles. The molecule has 0 unspecified atom stereocenters. The Morgan fingerprint density at radius 1 is 0.964 bits per heavy atom. The van der Waals surface area contributed by atoms with Gasteiger partial charge in [0.1, 0.15) is 12.4 Å². The first-order chi connectivity index (χ1) is 13.8. The highest BCUT2D eigenvalue weighted by molar-refractivity contribution is 5.90. The molecule has 2 aromatic carbocycles. The van der Waals surface area contributed by atoms with Gasteiger partial charge in [0.25, 0.3) is 0 Å². The van der Waals surface area contributed by atoms with Crippen LogP contribution in [0.4, 0.5) is 16.3 Å². The Morgan fingerprint density at radius 3 is 2.54 bits per heavy atom. The van der Waals surface area contributed by atoms with Gasteiger partial charge in [-0.2, -0.15) is 0 Å². The van der Waals surface area contributed by atoms with Crippen molar-refractivity contribution >= 4 is 17.5 Å². The van der Waals surface area contributed by atoms with Gasteiger partial charge in [-0.1, -0.05) is 35.5 Å². The van der Waals surface area contributed by atoms with Crippen molar-refractivity contribution in [2.45, 2.75) is 6.61 Å². The normalized spacial score (nSPS) is 15.4. The van der Waals surface area contributed by atoms with Gasteiger partial charge >= 0.3 is 6.03 Å². The van der Waals surface area contributed by atoms with Crippen molar-refractivity contribution < 1.29 is 14.1 Å². The molecular weight excluding hydrogens is 356 g/mol. The van der Waals surface area contributed by atoms with Crippen LogP contribution in [-0.2, 0) is 6.61 Å². The van der Waals surface area contributed by atoms with E-state index in [0.29, 0.717) is 31.3 Å². The van der Waals surface area contributed by atoms with E-state index in [2.05, 4.69) is 27.5 Å². The number of hydrogen-bond acceptors (Lipinski definition) is 5. The van der Waals surface area contributed by atoms with Crippen molar-refractivity contribution in [1.82, 2.24) is 10.1 Å². The second-order valence-electron chi connectivity index (χ2n) is 6.86. The maximum atomic E-state index is 12.7. The minimum Gasteiger partial charge on any atom is -0.488 e. The third-order valence-electron chi connectivity index (χ3n) is 5.21. The van der Waals surface area contributed by atoms with Crippen LogP contribution < -0.4 is 15.0 Å². The van der Waals surface area contributed by atoms with Gasteiger partial charge in [0.05, 0.1) is 11.1 Å². The summed E-state index contributed by atoms with van der Waals surface area (Å²) in [5.41, 5.74) is 2.81. The molecule has 3 aromatic rings. The molecule has 7 heteroatoms. The average Bonchev–Trinajstić information content (AvgIpc) is 3.18. The first-order valence-corrected chi connectivity index (χ1v) is 9.36. The largest absolute Gasteiger partial charge is 0.488 e. The average molecular weight is 376 g/mol. The topological polar surface area (TPSA) is 70.8 Å². The molecule has 0 bridgehead atoms. The van der Waals surface area contributed by atoms with Gasteiger partial charge < -0.3 is 19.1 Å². The second-order valence-corrected chi connectivity index (χ2v) is 6.86. The second kappa shape index (κ2) is 6.92. The highest BCUT2D eigenvalue weighted by atomic mass is 16.5. The van der Waals surface area contributed by atoms with Crippen LogP contribution in [0.3, 0.4) is 0 Å². The number of aromatic nitrogens is 1. The van der Waals surface area contributed by atoms with Crippen molar-refractivity contribution in [2.24, 2.45) is 0 Å². The smallest absolute Gasteiger partial charge is 0.323 e. The van der Waals surface area contributed by atoms with E-state index in [1.165, 1.54) is 5.69 Å². The molecule has 2 aliphatic heterocycles. The van der Waals surface area contributed by atoms with E-state index in [9.17, 15) is 4.79 Å². The molecule has 0 spiro atoms. The summed E-state index contributed by atoms with van der Waals surface area (Å²) >= 11 is 0. The number of urea groups is 1. The van der Waals surface area contributed by atoms with Crippen molar-refractivity contribution in [1.29, 1.82) is 0 Å². The molecule has 0 radical (unpaired) electrons. The lowest BCUT2D eigenvalue weighted by Crippen LogP contribution is -2.50. The number of rotatable bonds is 2. The van der Waals surface area contributed by atoms with Crippen molar-refractivity contribution in [3.8, 4) is 17.1 Å². The zero-order valence-electron chi connectivity index (χ0n) is 15.3. The minimum absolute atomic E-state index is 0.164. The zero-order valence-corrected chi connectivity index (χ0v) is 15.3. The molecule has 0 atom stereocenters. The summed E-state index contributed by atoms with van der Waals surface area (Å²) in [7, 11) is 0. The Morgan fingerprint density at radius 2 is 1.71 bits per heavy atom. The van der Waals surface area contributed by atoms with Crippen LogP contribution in [0.25, 0.3) is 11.3 Å². The Balaban J connectivity index is 1.26. The van der Waals surface area contributed by atoms with Gasteiger partial charge in [0.2, 0.25) is 0 Å². The fourth-order valence-electron chi connectivity index (χ4n) is 3.67. The minimum atomic E-state index is -0.164. The molecule has 1 saturated heterocycles. The molecule has 3 heterocycles. The molecule has 1 fully saturated rings. The van der Waals surface area contributed by atoms with E-state index in [4.69, 9.17) is 9.26 Å². The highest BCUT2D eigenvalue weighted by Gasteiger charge is 2.28. The fourth-order valence-corrected chi connectivity index (χ4v) is 3.67. The number of amides is 2. The van der Waals surface area contributed by atoms with Crippen LogP contribution in [0.2, 0.25) is 0 Å². The number of benzene rings is 2. The standard InChI is InChI=1S/C21H20N4O3/c26-21(25-12-10-24(11-13-25)15-6-2-1-3-7-15)22-20-17-14-27-18-9-5-4-8-16(18)19(17)28-23-20/h1-9H,10-14H2,(H,22,23,26). The summed E-state index contributed by atoms with van der Waals surface area (Å²) < 4.78 is 11.3. The van der Waals surface area contributed by atoms with Crippen LogP contribution in [0.1, 0.15) is 5.56 Å². The molecular formula is C21H20N4O3. The van der Waals surface area contributed by atoms with Gasteiger partial charge in [0, 0.05) is 31.9 Å². The molecule has 1 N–H and O–H groups in total. The molecule has 142 valence electrons. The van der Waals surface area contributed by atoms with Crippen molar-refractivity contribution in [2.75, 3.05) is 36.4 Å². The lowest BCUT2D eigenvalue weighted by Gasteiger charge is -2.35. The molecule has 2 aliphatic rings. The van der Waals surface area contributed by atoms with Gasteiger partial charge in [0.15, 0.2) is 11.6 Å². The molecule has 0 saturated carbocycles. The number of piperazine rings is 1. The SMILES string of the molecule is O=C(Nc1noc2c1COc1ccccc1-2)N1CCN(c2ccccc2)CC1. The van der Waals surface area contributed by atoms with E-state index >= 15 is 0 Å². The summed E-state index contributed by atoms with van der Waals surface area (Å²) in [6, 6.07) is 17.7. The lowest BCUT2D eigenvalue weighted by atomic mass is 10.1. The van der Waals surface area contributed by atoms with E-state index < -0.39 is 0 Å². The number of para-hydroxylation sites is 2. The van der Waals surface area contributed by atoms with Crippen LogP contribution in [0.5, 0.6) is 5.75 Å². The van der Waals surface area contributed by atoms with Crippen molar-refractivity contribution in [3.05, 3.63) is 60.2 Å². The summed E-state index contributed by atoms with van der Waals surface area (Å²) in [6.45, 7) is 3.23. The van der Waals surface area contributed by atoms with E-state index in [1.54, 1.807) is 4.90 Å². The number of carbonyl (C=O) groups excluding carboxylic acids is 1. The number of fused-ring (bicyclic) bond motifs is 3. The van der Waals surface area contributed by atoms with Gasteiger partial charge in [-0.3, -0.25) is 5.32 Å². The highest BCUT2D eigenvalue weighted by Crippen LogP contribution is 2.40. The summed E-state index contributed by atoms with van der Waals surface area (Å²) in [5, 5.41) is 6.96. The number of carbonyl (C=O) groups is 1. The molecule has 5 rings (SSSR count). The Bertz CT molecular complexity index is 994. The number of nitrogens with one attached hydrogen (secondary N) is 1. The first-order valence-electron chi connectivity index (χ1n) is 9.36. The monoisotopic (exact) mass is 376 g/mol. The predicted octanol–water partition coefficient (Wildman–Crippen LogP) is 3.59. The summed E-state index contributed by atoms with van der Waals surface area (Å²) in [6.07, 6.45) is 0. The Labute approximate surface area is 162 Å². The van der Waals surface area contributed by atoms with Crippen LogP contribution in [0, 0.1) is 0 Å². The third-order valence-corrected chi connectivity index (χ3v) is 5.21. The zero-order chi connectivity index (χ0) is 18.9. The number of ether oxygens (including phenoxy) is 1. The molecule has 0 aliphatic carbocycles. The van der Waals surface area contributed by atoms with E-state index in [0.717, 1.165) is 30.0 Å². The van der Waals surface area contributed by atoms with Gasteiger partial charge in [-0.15, -0.1) is 0 Å².